The van der Waals surface area contributed by atoms with Crippen molar-refractivity contribution in [3.8, 4) is 0 Å². The van der Waals surface area contributed by atoms with E-state index in [1.165, 1.54) is 32.3 Å². The van der Waals surface area contributed by atoms with Crippen molar-refractivity contribution in [1.29, 1.82) is 0 Å². The third-order valence-electron chi connectivity index (χ3n) is 6.89. The SMILES string of the molecule is C(=[NH+]CCP(c1ccccc1)c1ccccc1)c1ccccc1CNCCP(c1ccccc1)c1ccccc1. The molecule has 0 aliphatic rings. The Kier molecular flexibility index (Phi) is 10.8. The summed E-state index contributed by atoms with van der Waals surface area (Å²) in [5, 5.41) is 9.48. The van der Waals surface area contributed by atoms with Crippen LogP contribution in [0, 0.1) is 0 Å². The molecule has 0 fully saturated rings. The maximum atomic E-state index is 3.74. The van der Waals surface area contributed by atoms with Crippen LogP contribution in [-0.2, 0) is 6.54 Å². The zero-order valence-electron chi connectivity index (χ0n) is 22.9. The van der Waals surface area contributed by atoms with E-state index in [1.807, 2.05) is 0 Å². The van der Waals surface area contributed by atoms with E-state index in [0.29, 0.717) is 0 Å². The first-order chi connectivity index (χ1) is 19.9. The van der Waals surface area contributed by atoms with Gasteiger partial charge in [0.15, 0.2) is 6.21 Å². The molecule has 0 amide bonds. The zero-order chi connectivity index (χ0) is 27.2. The molecule has 0 radical (unpaired) electrons. The van der Waals surface area contributed by atoms with Crippen molar-refractivity contribution in [3.63, 3.8) is 0 Å². The van der Waals surface area contributed by atoms with Gasteiger partial charge >= 0.3 is 0 Å². The van der Waals surface area contributed by atoms with Gasteiger partial charge in [0.2, 0.25) is 0 Å². The molecule has 0 saturated carbocycles. The normalized spacial score (nSPS) is 11.4. The minimum absolute atomic E-state index is 0.377. The Morgan fingerprint density at radius 1 is 0.500 bits per heavy atom. The summed E-state index contributed by atoms with van der Waals surface area (Å²) >= 11 is 0. The molecule has 0 aliphatic heterocycles. The smallest absolute Gasteiger partial charge is 0.169 e. The number of hydrogen-bond donors (Lipinski definition) is 2. The average Bonchev–Trinajstić information content (AvgIpc) is 3.03. The lowest BCUT2D eigenvalue weighted by atomic mass is 10.1. The standard InChI is InChI=1S/C36H36N2P2/c1-5-17-33(18-6-1)39(34-19-7-2-8-20-34)27-25-37-29-31-15-13-14-16-32(31)30-38-26-28-40(35-21-9-3-10-22-35)36-23-11-4-12-24-36/h1-24,29,38H,25-28,30H2/p+1. The molecule has 0 atom stereocenters. The predicted molar refractivity (Wildman–Crippen MR) is 177 cm³/mol. The van der Waals surface area contributed by atoms with E-state index in [0.717, 1.165) is 32.0 Å². The molecule has 0 aromatic heterocycles. The Hall–Kier alpha value is -3.41. The maximum absolute atomic E-state index is 3.74. The average molecular weight is 560 g/mol. The van der Waals surface area contributed by atoms with E-state index in [4.69, 9.17) is 0 Å². The molecule has 5 rings (SSSR count). The van der Waals surface area contributed by atoms with Gasteiger partial charge in [0.25, 0.3) is 0 Å². The van der Waals surface area contributed by atoms with Gasteiger partial charge in [-0.25, -0.2) is 4.99 Å². The number of rotatable bonds is 13. The van der Waals surface area contributed by atoms with E-state index in [-0.39, 0.29) is 15.8 Å². The summed E-state index contributed by atoms with van der Waals surface area (Å²) in [6.07, 6.45) is 4.42. The van der Waals surface area contributed by atoms with Crippen LogP contribution in [-0.4, -0.2) is 31.6 Å². The van der Waals surface area contributed by atoms with Crippen LogP contribution in [0.4, 0.5) is 0 Å². The van der Waals surface area contributed by atoms with Crippen LogP contribution in [0.2, 0.25) is 0 Å². The van der Waals surface area contributed by atoms with E-state index < -0.39 is 0 Å². The van der Waals surface area contributed by atoms with Crippen molar-refractivity contribution < 1.29 is 4.99 Å². The summed E-state index contributed by atoms with van der Waals surface area (Å²) in [6, 6.07) is 52.5. The van der Waals surface area contributed by atoms with Gasteiger partial charge in [0.1, 0.15) is 6.54 Å². The molecule has 40 heavy (non-hydrogen) atoms. The van der Waals surface area contributed by atoms with Crippen molar-refractivity contribution in [2.24, 2.45) is 0 Å². The lowest BCUT2D eigenvalue weighted by Crippen LogP contribution is -2.70. The monoisotopic (exact) mass is 559 g/mol. The number of benzene rings is 5. The second-order valence-electron chi connectivity index (χ2n) is 9.62. The zero-order valence-corrected chi connectivity index (χ0v) is 24.7. The molecular weight excluding hydrogens is 522 g/mol. The lowest BCUT2D eigenvalue weighted by Gasteiger charge is -2.19. The Balaban J connectivity index is 1.18. The minimum Gasteiger partial charge on any atom is -0.312 e. The molecule has 2 N–H and O–H groups in total. The molecule has 0 heterocycles. The van der Waals surface area contributed by atoms with Gasteiger partial charge in [-0.2, -0.15) is 0 Å². The highest BCUT2D eigenvalue weighted by Gasteiger charge is 2.15. The van der Waals surface area contributed by atoms with Gasteiger partial charge in [0.05, 0.1) is 0 Å². The van der Waals surface area contributed by atoms with Crippen molar-refractivity contribution in [2.45, 2.75) is 6.54 Å². The van der Waals surface area contributed by atoms with Crippen molar-refractivity contribution in [2.75, 3.05) is 25.4 Å². The molecule has 2 nitrogen and oxygen atoms in total. The van der Waals surface area contributed by atoms with Gasteiger partial charge in [-0.3, -0.25) is 0 Å². The summed E-state index contributed by atoms with van der Waals surface area (Å²) in [7, 11) is -0.765. The highest BCUT2D eigenvalue weighted by atomic mass is 31.1. The van der Waals surface area contributed by atoms with E-state index in [9.17, 15) is 0 Å². The van der Waals surface area contributed by atoms with E-state index >= 15 is 0 Å². The molecule has 0 spiro atoms. The number of hydrogen-bond acceptors (Lipinski definition) is 1. The first kappa shape index (κ1) is 28.1. The fourth-order valence-corrected chi connectivity index (χ4v) is 9.35. The minimum atomic E-state index is -0.389. The quantitative estimate of drug-likeness (QED) is 0.124. The third-order valence-corrected chi connectivity index (χ3v) is 11.9. The van der Waals surface area contributed by atoms with E-state index in [2.05, 4.69) is 162 Å². The molecular formula is C36H37N2P2+. The van der Waals surface area contributed by atoms with Crippen LogP contribution in [0.3, 0.4) is 0 Å². The number of nitrogens with one attached hydrogen (secondary N) is 2. The molecule has 4 heteroatoms. The first-order valence-corrected chi connectivity index (χ1v) is 17.0. The molecule has 0 bridgehead atoms. The van der Waals surface area contributed by atoms with Crippen molar-refractivity contribution in [3.05, 3.63) is 157 Å². The van der Waals surface area contributed by atoms with Crippen LogP contribution in [0.15, 0.2) is 146 Å². The molecule has 5 aromatic rings. The highest BCUT2D eigenvalue weighted by molar-refractivity contribution is 7.73. The van der Waals surface area contributed by atoms with E-state index in [1.54, 1.807) is 0 Å². The summed E-state index contributed by atoms with van der Waals surface area (Å²) in [5.74, 6) is 0. The molecule has 0 saturated heterocycles. The fraction of sp³-hybridized carbons (Fsp3) is 0.139. The van der Waals surface area contributed by atoms with Crippen LogP contribution in [0.25, 0.3) is 0 Å². The summed E-state index contributed by atoms with van der Waals surface area (Å²) in [4.78, 5) is 3.63. The van der Waals surface area contributed by atoms with Gasteiger partial charge in [-0.15, -0.1) is 0 Å². The summed E-state index contributed by atoms with van der Waals surface area (Å²) in [5.41, 5.74) is 2.58. The van der Waals surface area contributed by atoms with Crippen molar-refractivity contribution >= 4 is 43.3 Å². The van der Waals surface area contributed by atoms with Crippen LogP contribution in [0.1, 0.15) is 11.1 Å². The second-order valence-corrected chi connectivity index (χ2v) is 14.3. The van der Waals surface area contributed by atoms with Crippen molar-refractivity contribution in [1.82, 2.24) is 5.32 Å². The second kappa shape index (κ2) is 15.4. The predicted octanol–water partition coefficient (Wildman–Crippen LogP) is 4.54. The highest BCUT2D eigenvalue weighted by Crippen LogP contribution is 2.33. The molecule has 200 valence electrons. The molecule has 0 aliphatic carbocycles. The van der Waals surface area contributed by atoms with Crippen LogP contribution >= 0.6 is 15.8 Å². The van der Waals surface area contributed by atoms with Gasteiger partial charge in [0, 0.05) is 18.3 Å². The Labute approximate surface area is 241 Å². The maximum Gasteiger partial charge on any atom is 0.169 e. The van der Waals surface area contributed by atoms with Crippen LogP contribution in [0.5, 0.6) is 0 Å². The fourth-order valence-electron chi connectivity index (χ4n) is 4.85. The topological polar surface area (TPSA) is 26.0 Å². The molecule has 0 unspecified atom stereocenters. The lowest BCUT2D eigenvalue weighted by molar-refractivity contribution is -0.445. The van der Waals surface area contributed by atoms with Gasteiger partial charge < -0.3 is 5.32 Å². The Bertz CT molecular complexity index is 1360. The van der Waals surface area contributed by atoms with Gasteiger partial charge in [-0.1, -0.05) is 140 Å². The summed E-state index contributed by atoms with van der Waals surface area (Å²) < 4.78 is 0. The van der Waals surface area contributed by atoms with Gasteiger partial charge in [-0.05, 0) is 61.4 Å². The first-order valence-electron chi connectivity index (χ1n) is 14.0. The third kappa shape index (κ3) is 8.06. The Morgan fingerprint density at radius 2 is 0.925 bits per heavy atom. The van der Waals surface area contributed by atoms with Crippen LogP contribution < -0.4 is 31.5 Å². The largest absolute Gasteiger partial charge is 0.312 e. The molecule has 5 aromatic carbocycles. The summed E-state index contributed by atoms with van der Waals surface area (Å²) in [6.45, 7) is 2.78. The Morgan fingerprint density at radius 3 is 1.43 bits per heavy atom.